The van der Waals surface area contributed by atoms with Gasteiger partial charge < -0.3 is 0 Å². The van der Waals surface area contributed by atoms with Gasteiger partial charge in [0.1, 0.15) is 0 Å². The van der Waals surface area contributed by atoms with E-state index in [1.54, 1.807) is 0 Å². The van der Waals surface area contributed by atoms with Crippen molar-refractivity contribution in [2.24, 2.45) is 0 Å². The van der Waals surface area contributed by atoms with Crippen LogP contribution in [-0.2, 0) is 4.79 Å². The van der Waals surface area contributed by atoms with Crippen molar-refractivity contribution >= 4 is 22.4 Å². The summed E-state index contributed by atoms with van der Waals surface area (Å²) < 4.78 is 0. The Morgan fingerprint density at radius 1 is 1.38 bits per heavy atom. The summed E-state index contributed by atoms with van der Waals surface area (Å²) in [5.74, 6) is 0.0499. The third-order valence-corrected chi connectivity index (χ3v) is 2.01. The molecule has 0 heterocycles. The average molecular weight is 195 g/mol. The fourth-order valence-electron chi connectivity index (χ4n) is 0.924. The van der Waals surface area contributed by atoms with E-state index >= 15 is 0 Å². The number of halogens is 1. The molecule has 13 heavy (non-hydrogen) atoms. The summed E-state index contributed by atoms with van der Waals surface area (Å²) >= 11 is 5.92. The molecular weight excluding hydrogens is 184 g/mol. The Kier molecular flexibility index (Phi) is 3.71. The summed E-state index contributed by atoms with van der Waals surface area (Å²) in [6.45, 7) is 1.81. The van der Waals surface area contributed by atoms with Gasteiger partial charge in [0.2, 0.25) is 0 Å². The highest BCUT2D eigenvalue weighted by molar-refractivity contribution is 6.50. The maximum Gasteiger partial charge on any atom is 0.156 e. The van der Waals surface area contributed by atoms with E-state index in [0.717, 1.165) is 5.56 Å². The fourth-order valence-corrected chi connectivity index (χ4v) is 1.17. The van der Waals surface area contributed by atoms with Crippen molar-refractivity contribution in [2.45, 2.75) is 13.3 Å². The molecule has 0 N–H and O–H groups in total. The highest BCUT2D eigenvalue weighted by Crippen LogP contribution is 2.18. The quantitative estimate of drug-likeness (QED) is 0.676. The predicted octanol–water partition coefficient (Wildman–Crippen LogP) is 3.25. The lowest BCUT2D eigenvalue weighted by Crippen LogP contribution is -1.89. The Balaban J connectivity index is 2.85. The van der Waals surface area contributed by atoms with E-state index in [4.69, 9.17) is 11.6 Å². The standard InChI is InChI=1S/C11H11ClO/c1-2-10(13)8-11(12)9-6-4-3-5-7-9/h3-8H,2H2,1H3. The number of hydrogen-bond donors (Lipinski definition) is 0. The van der Waals surface area contributed by atoms with E-state index in [2.05, 4.69) is 0 Å². The van der Waals surface area contributed by atoms with Crippen molar-refractivity contribution in [1.82, 2.24) is 0 Å². The van der Waals surface area contributed by atoms with E-state index in [0.29, 0.717) is 11.5 Å². The van der Waals surface area contributed by atoms with Crippen molar-refractivity contribution in [2.75, 3.05) is 0 Å². The van der Waals surface area contributed by atoms with Crippen molar-refractivity contribution in [3.05, 3.63) is 42.0 Å². The van der Waals surface area contributed by atoms with Gasteiger partial charge in [-0.15, -0.1) is 0 Å². The molecule has 1 aromatic carbocycles. The van der Waals surface area contributed by atoms with E-state index in [-0.39, 0.29) is 5.78 Å². The van der Waals surface area contributed by atoms with Gasteiger partial charge in [-0.2, -0.15) is 0 Å². The van der Waals surface area contributed by atoms with Crippen LogP contribution in [0.4, 0.5) is 0 Å². The molecule has 0 saturated carbocycles. The molecule has 0 atom stereocenters. The first-order chi connectivity index (χ1) is 6.24. The SMILES string of the molecule is CCC(=O)C=C(Cl)c1ccccc1. The van der Waals surface area contributed by atoms with Gasteiger partial charge in [0.05, 0.1) is 5.03 Å². The molecule has 1 aromatic rings. The molecular formula is C11H11ClO. The van der Waals surface area contributed by atoms with Crippen LogP contribution in [-0.4, -0.2) is 5.78 Å². The molecule has 0 bridgehead atoms. The van der Waals surface area contributed by atoms with E-state index in [1.165, 1.54) is 6.08 Å². The van der Waals surface area contributed by atoms with Crippen LogP contribution in [0.15, 0.2) is 36.4 Å². The molecule has 0 fully saturated rings. The summed E-state index contributed by atoms with van der Waals surface area (Å²) in [5, 5.41) is 0.507. The molecule has 0 aliphatic rings. The lowest BCUT2D eigenvalue weighted by atomic mass is 10.2. The highest BCUT2D eigenvalue weighted by Gasteiger charge is 1.99. The van der Waals surface area contributed by atoms with Crippen LogP contribution in [0.25, 0.3) is 5.03 Å². The lowest BCUT2D eigenvalue weighted by molar-refractivity contribution is -0.114. The minimum Gasteiger partial charge on any atom is -0.295 e. The smallest absolute Gasteiger partial charge is 0.156 e. The topological polar surface area (TPSA) is 17.1 Å². The van der Waals surface area contributed by atoms with Crippen LogP contribution in [0.5, 0.6) is 0 Å². The van der Waals surface area contributed by atoms with Crippen LogP contribution in [0.2, 0.25) is 0 Å². The lowest BCUT2D eigenvalue weighted by Gasteiger charge is -1.96. The highest BCUT2D eigenvalue weighted by atomic mass is 35.5. The van der Waals surface area contributed by atoms with Crippen LogP contribution in [0.3, 0.4) is 0 Å². The summed E-state index contributed by atoms with van der Waals surface area (Å²) in [6.07, 6.45) is 1.96. The second kappa shape index (κ2) is 4.83. The summed E-state index contributed by atoms with van der Waals surface area (Å²) in [5.41, 5.74) is 0.881. The number of benzene rings is 1. The zero-order valence-corrected chi connectivity index (χ0v) is 8.21. The molecule has 0 radical (unpaired) electrons. The Bertz CT molecular complexity index is 314. The molecule has 0 spiro atoms. The van der Waals surface area contributed by atoms with Crippen LogP contribution < -0.4 is 0 Å². The molecule has 0 aromatic heterocycles. The number of carbonyl (C=O) groups is 1. The number of hydrogen-bond acceptors (Lipinski definition) is 1. The maximum absolute atomic E-state index is 11.0. The molecule has 0 aliphatic heterocycles. The number of carbonyl (C=O) groups excluding carboxylic acids is 1. The number of rotatable bonds is 3. The number of allylic oxidation sites excluding steroid dienone is 1. The molecule has 0 unspecified atom stereocenters. The molecule has 1 rings (SSSR count). The average Bonchev–Trinajstić information content (AvgIpc) is 2.19. The second-order valence-electron chi connectivity index (χ2n) is 2.68. The normalized spacial score (nSPS) is 11.4. The first kappa shape index (κ1) is 10.0. The summed E-state index contributed by atoms with van der Waals surface area (Å²) in [4.78, 5) is 11.0. The minimum absolute atomic E-state index is 0.0499. The Labute approximate surface area is 83.0 Å². The third-order valence-electron chi connectivity index (χ3n) is 1.69. The second-order valence-corrected chi connectivity index (χ2v) is 3.09. The van der Waals surface area contributed by atoms with Gasteiger partial charge in [-0.1, -0.05) is 48.9 Å². The van der Waals surface area contributed by atoms with Crippen molar-refractivity contribution in [3.8, 4) is 0 Å². The van der Waals surface area contributed by atoms with Gasteiger partial charge in [-0.05, 0) is 5.56 Å². The Morgan fingerprint density at radius 3 is 2.54 bits per heavy atom. The van der Waals surface area contributed by atoms with Crippen LogP contribution in [0, 0.1) is 0 Å². The zero-order chi connectivity index (χ0) is 9.68. The molecule has 2 heteroatoms. The zero-order valence-electron chi connectivity index (χ0n) is 7.46. The molecule has 0 amide bonds. The fraction of sp³-hybridized carbons (Fsp3) is 0.182. The van der Waals surface area contributed by atoms with Gasteiger partial charge in [0, 0.05) is 12.5 Å². The van der Waals surface area contributed by atoms with Gasteiger partial charge in [-0.25, -0.2) is 0 Å². The Morgan fingerprint density at radius 2 is 2.00 bits per heavy atom. The molecule has 68 valence electrons. The molecule has 1 nitrogen and oxygen atoms in total. The van der Waals surface area contributed by atoms with Gasteiger partial charge in [0.15, 0.2) is 5.78 Å². The minimum atomic E-state index is 0.0499. The first-order valence-electron chi connectivity index (χ1n) is 4.19. The van der Waals surface area contributed by atoms with E-state index in [9.17, 15) is 4.79 Å². The molecule has 0 aliphatic carbocycles. The molecule has 0 saturated heterocycles. The largest absolute Gasteiger partial charge is 0.295 e. The van der Waals surface area contributed by atoms with E-state index in [1.807, 2.05) is 37.3 Å². The third kappa shape index (κ3) is 3.03. The number of ketones is 1. The Hall–Kier alpha value is -1.08. The van der Waals surface area contributed by atoms with Crippen LogP contribution >= 0.6 is 11.6 Å². The summed E-state index contributed by atoms with van der Waals surface area (Å²) in [7, 11) is 0. The monoisotopic (exact) mass is 194 g/mol. The van der Waals surface area contributed by atoms with Gasteiger partial charge in [-0.3, -0.25) is 4.79 Å². The maximum atomic E-state index is 11.0. The predicted molar refractivity (Wildman–Crippen MR) is 55.6 cm³/mol. The van der Waals surface area contributed by atoms with Gasteiger partial charge in [0.25, 0.3) is 0 Å². The van der Waals surface area contributed by atoms with E-state index < -0.39 is 0 Å². The van der Waals surface area contributed by atoms with Crippen LogP contribution in [0.1, 0.15) is 18.9 Å². The summed E-state index contributed by atoms with van der Waals surface area (Å²) in [6, 6.07) is 9.45. The van der Waals surface area contributed by atoms with Crippen molar-refractivity contribution in [1.29, 1.82) is 0 Å². The van der Waals surface area contributed by atoms with Crippen molar-refractivity contribution < 1.29 is 4.79 Å². The first-order valence-corrected chi connectivity index (χ1v) is 4.57. The van der Waals surface area contributed by atoms with Gasteiger partial charge >= 0.3 is 0 Å². The van der Waals surface area contributed by atoms with Crippen molar-refractivity contribution in [3.63, 3.8) is 0 Å².